The van der Waals surface area contributed by atoms with Gasteiger partial charge in [0.1, 0.15) is 58.9 Å². The largest absolute Gasteiger partial charge is 0.287 e. The molecule has 6 rings (SSSR count). The first-order valence-corrected chi connectivity index (χ1v) is 21.1. The second-order valence-corrected chi connectivity index (χ2v) is 15.9. The average molecular weight is 1030 g/mol. The minimum atomic E-state index is -7.22. The van der Waals surface area contributed by atoms with E-state index in [0.29, 0.717) is 13.0 Å². The summed E-state index contributed by atoms with van der Waals surface area (Å²) in [6.07, 6.45) is 10.2. The molecule has 0 radical (unpaired) electrons. The molecule has 0 N–H and O–H groups in total. The highest BCUT2D eigenvalue weighted by molar-refractivity contribution is 7.20. The first-order valence-electron chi connectivity index (χ1n) is 21.1. The number of carbonyl (C=O) groups is 1. The van der Waals surface area contributed by atoms with Crippen molar-refractivity contribution in [1.29, 1.82) is 0 Å². The molecule has 1 aromatic heterocycles. The molecule has 0 aliphatic heterocycles. The van der Waals surface area contributed by atoms with Crippen molar-refractivity contribution in [2.24, 2.45) is 0 Å². The maximum absolute atomic E-state index is 15.4. The Labute approximate surface area is 389 Å². The van der Waals surface area contributed by atoms with Gasteiger partial charge < -0.3 is 0 Å². The van der Waals surface area contributed by atoms with Gasteiger partial charge in [-0.3, -0.25) is 9.78 Å². The smallest absolute Gasteiger partial charge is 0.267 e. The van der Waals surface area contributed by atoms with Crippen molar-refractivity contribution in [2.75, 3.05) is 0 Å². The monoisotopic (exact) mass is 1030 g/mol. The van der Waals surface area contributed by atoms with E-state index in [4.69, 9.17) is 0 Å². The molecule has 0 aliphatic rings. The van der Waals surface area contributed by atoms with Crippen LogP contribution >= 0.6 is 0 Å². The fourth-order valence-electron chi connectivity index (χ4n) is 8.14. The molecule has 0 saturated heterocycles. The molecule has 0 fully saturated rings. The van der Waals surface area contributed by atoms with Gasteiger partial charge >= 0.3 is 0 Å². The van der Waals surface area contributed by atoms with Gasteiger partial charge in [0.05, 0.1) is 6.20 Å². The maximum Gasteiger partial charge on any atom is 0.267 e. The Kier molecular flexibility index (Phi) is 18.1. The fourth-order valence-corrected chi connectivity index (χ4v) is 8.14. The summed E-state index contributed by atoms with van der Waals surface area (Å²) in [5.74, 6) is -71.2. The standard InChI is InChI=1S/C24BF20.C23H33N2O/c26-5-1(6(27)14(35)21(42)13(5)34)25(2-7(28)15(36)22(43)16(37)8(2)29,3-9(30)17(38)23(44)18(39)10(3)31)4-11(32)19(40)24(45)20(41)12(4)33;1-2-3-4-5-6-7-8-9-13-16-23(26)22-19-24-17-18-25(22)20-21-14-11-10-12-15-21/h;10-12,14-15,17-19H,2-9,13,16,20H2,1H3/q-1;+1. The fraction of sp³-hybridized carbons (Fsp3) is 0.255. The Morgan fingerprint density at radius 3 is 1.04 bits per heavy atom. The van der Waals surface area contributed by atoms with E-state index in [2.05, 4.69) is 24.0 Å². The van der Waals surface area contributed by atoms with E-state index in [0.717, 1.165) is 18.5 Å². The molecule has 0 bridgehead atoms. The molecule has 6 aromatic rings. The van der Waals surface area contributed by atoms with Crippen LogP contribution in [0.4, 0.5) is 87.8 Å². The third-order valence-electron chi connectivity index (χ3n) is 11.5. The second kappa shape index (κ2) is 23.2. The molecule has 380 valence electrons. The van der Waals surface area contributed by atoms with Crippen LogP contribution in [0.3, 0.4) is 0 Å². The zero-order valence-electron chi connectivity index (χ0n) is 36.3. The molecular weight excluding hydrogens is 999 g/mol. The van der Waals surface area contributed by atoms with Crippen LogP contribution in [0.2, 0.25) is 0 Å². The molecular formula is C47H33BF20N2O. The lowest BCUT2D eigenvalue weighted by atomic mass is 9.12. The second-order valence-electron chi connectivity index (χ2n) is 15.9. The lowest BCUT2D eigenvalue weighted by Crippen LogP contribution is -2.81. The van der Waals surface area contributed by atoms with Crippen molar-refractivity contribution < 1.29 is 97.2 Å². The number of ketones is 1. The third kappa shape index (κ3) is 10.5. The van der Waals surface area contributed by atoms with Crippen molar-refractivity contribution in [3.63, 3.8) is 0 Å². The zero-order chi connectivity index (χ0) is 52.8. The summed E-state index contributed by atoms with van der Waals surface area (Å²) >= 11 is 0. The Hall–Kier alpha value is -6.49. The highest BCUT2D eigenvalue weighted by atomic mass is 19.2. The maximum atomic E-state index is 15.4. The van der Waals surface area contributed by atoms with Gasteiger partial charge in [-0.05, 0) is 6.42 Å². The molecule has 71 heavy (non-hydrogen) atoms. The number of aromatic nitrogens is 2. The van der Waals surface area contributed by atoms with Crippen LogP contribution in [0, 0.1) is 116 Å². The first kappa shape index (κ1) is 55.4. The van der Waals surface area contributed by atoms with Crippen molar-refractivity contribution in [2.45, 2.75) is 77.7 Å². The van der Waals surface area contributed by atoms with Crippen LogP contribution in [0.25, 0.3) is 0 Å². The summed E-state index contributed by atoms with van der Waals surface area (Å²) < 4.78 is 296. The first-order chi connectivity index (χ1) is 33.5. The number of hydrogen-bond donors (Lipinski definition) is 0. The lowest BCUT2D eigenvalue weighted by Gasteiger charge is -2.44. The van der Waals surface area contributed by atoms with Gasteiger partial charge in [0.2, 0.25) is 5.78 Å². The Balaban J connectivity index is 0.000000306. The predicted octanol–water partition coefficient (Wildman–Crippen LogP) is 11.4. The van der Waals surface area contributed by atoms with Crippen LogP contribution in [0.15, 0.2) is 48.9 Å². The quantitative estimate of drug-likeness (QED) is 0.0174. The van der Waals surface area contributed by atoms with E-state index in [1.807, 2.05) is 29.0 Å². The highest BCUT2D eigenvalue weighted by Gasteiger charge is 2.52. The molecule has 0 spiro atoms. The van der Waals surface area contributed by atoms with Gasteiger partial charge in [0, 0.05) is 12.0 Å². The summed E-state index contributed by atoms with van der Waals surface area (Å²) in [5, 5.41) is 0. The van der Waals surface area contributed by atoms with Crippen molar-refractivity contribution in [3.8, 4) is 0 Å². The number of Topliss-reactive ketones (excluding diaryl/α,β-unsaturated/α-hetero) is 1. The van der Waals surface area contributed by atoms with Crippen molar-refractivity contribution in [1.82, 2.24) is 4.98 Å². The number of carbonyl (C=O) groups excluding carboxylic acids is 1. The van der Waals surface area contributed by atoms with Gasteiger partial charge in [0.25, 0.3) is 5.69 Å². The molecule has 0 amide bonds. The summed E-state index contributed by atoms with van der Waals surface area (Å²) in [7, 11) is 0. The van der Waals surface area contributed by atoms with Gasteiger partial charge in [-0.25, -0.2) is 87.8 Å². The van der Waals surface area contributed by atoms with Crippen molar-refractivity contribution in [3.05, 3.63) is 177 Å². The normalized spacial score (nSPS) is 11.6. The van der Waals surface area contributed by atoms with E-state index >= 15 is 35.1 Å². The number of benzene rings is 5. The lowest BCUT2D eigenvalue weighted by molar-refractivity contribution is -0.690. The SMILES string of the molecule is CCCCCCCCCCCC(=O)c1cncc[n+]1Cc1ccccc1.Fc1c(F)c(F)c([B-](c2c(F)c(F)c(F)c(F)c2F)(c2c(F)c(F)c(F)c(F)c2F)c2c(F)c(F)c(F)c(F)c2F)c(F)c1F. The number of rotatable bonds is 17. The summed E-state index contributed by atoms with van der Waals surface area (Å²) in [6.45, 7) is 2.96. The Bertz CT molecular complexity index is 2570. The number of halogens is 20. The molecule has 0 aliphatic carbocycles. The molecule has 3 nitrogen and oxygen atoms in total. The number of hydrogen-bond acceptors (Lipinski definition) is 2. The topological polar surface area (TPSA) is 33.8 Å². The zero-order valence-corrected chi connectivity index (χ0v) is 36.3. The van der Waals surface area contributed by atoms with E-state index in [1.54, 1.807) is 12.4 Å². The Morgan fingerprint density at radius 2 is 0.718 bits per heavy atom. The molecule has 0 atom stereocenters. The summed E-state index contributed by atoms with van der Waals surface area (Å²) in [6, 6.07) is 10.2. The van der Waals surface area contributed by atoms with Crippen LogP contribution in [0.5, 0.6) is 0 Å². The van der Waals surface area contributed by atoms with Gasteiger partial charge in [0.15, 0.2) is 82.5 Å². The minimum absolute atomic E-state index is 0.206. The minimum Gasteiger partial charge on any atom is -0.287 e. The molecule has 0 unspecified atom stereocenters. The third-order valence-corrected chi connectivity index (χ3v) is 11.5. The molecule has 1 heterocycles. The van der Waals surface area contributed by atoms with Crippen LogP contribution in [-0.4, -0.2) is 16.9 Å². The van der Waals surface area contributed by atoms with Crippen LogP contribution < -0.4 is 26.4 Å². The molecule has 5 aromatic carbocycles. The highest BCUT2D eigenvalue weighted by Crippen LogP contribution is 2.31. The molecule has 24 heteroatoms. The van der Waals surface area contributed by atoms with E-state index in [-0.39, 0.29) is 5.78 Å². The van der Waals surface area contributed by atoms with Crippen LogP contribution in [-0.2, 0) is 6.54 Å². The van der Waals surface area contributed by atoms with Gasteiger partial charge in [-0.1, -0.05) is 88.6 Å². The Morgan fingerprint density at radius 1 is 0.423 bits per heavy atom. The van der Waals surface area contributed by atoms with E-state index < -0.39 is 144 Å². The number of unbranched alkanes of at least 4 members (excludes halogenated alkanes) is 8. The number of nitrogens with zero attached hydrogens (tertiary/aromatic N) is 2. The van der Waals surface area contributed by atoms with E-state index in [9.17, 15) is 57.5 Å². The van der Waals surface area contributed by atoms with Gasteiger partial charge in [-0.2, -0.15) is 4.57 Å². The van der Waals surface area contributed by atoms with Gasteiger partial charge in [-0.15, -0.1) is 21.9 Å². The predicted molar refractivity (Wildman–Crippen MR) is 215 cm³/mol. The van der Waals surface area contributed by atoms with E-state index in [1.165, 1.54) is 50.5 Å². The molecule has 0 saturated carbocycles. The summed E-state index contributed by atoms with van der Waals surface area (Å²) in [4.78, 5) is 16.8. The average Bonchev–Trinajstić information content (AvgIpc) is 3.36. The van der Waals surface area contributed by atoms with Crippen LogP contribution in [0.1, 0.15) is 87.2 Å². The summed E-state index contributed by atoms with van der Waals surface area (Å²) in [5.41, 5.74) is -12.4. The van der Waals surface area contributed by atoms with Crippen molar-refractivity contribution >= 4 is 33.8 Å².